The lowest BCUT2D eigenvalue weighted by Crippen LogP contribution is -2.46. The average Bonchev–Trinajstić information content (AvgIpc) is 3.54. The van der Waals surface area contributed by atoms with E-state index < -0.39 is 17.4 Å². The zero-order valence-corrected chi connectivity index (χ0v) is 17.1. The van der Waals surface area contributed by atoms with Gasteiger partial charge in [-0.15, -0.1) is 0 Å². The molecule has 1 aromatic carbocycles. The van der Waals surface area contributed by atoms with Gasteiger partial charge in [-0.05, 0) is 12.1 Å². The summed E-state index contributed by atoms with van der Waals surface area (Å²) in [5.41, 5.74) is -0.0189. The second-order valence-electron chi connectivity index (χ2n) is 8.61. The van der Waals surface area contributed by atoms with Crippen LogP contribution in [0.25, 0.3) is 0 Å². The molecule has 0 saturated carbocycles. The number of carbonyl (C=O) groups is 2. The van der Waals surface area contributed by atoms with E-state index in [9.17, 15) is 9.59 Å². The van der Waals surface area contributed by atoms with Crippen molar-refractivity contribution in [2.75, 3.05) is 57.6 Å². The van der Waals surface area contributed by atoms with Crippen molar-refractivity contribution in [1.29, 1.82) is 0 Å². The third-order valence-electron chi connectivity index (χ3n) is 6.90. The Bertz CT molecular complexity index is 945. The topological polar surface area (TPSA) is 89.6 Å². The molecule has 0 radical (unpaired) electrons. The average molecular weight is 427 g/mol. The van der Waals surface area contributed by atoms with E-state index in [0.29, 0.717) is 24.6 Å². The van der Waals surface area contributed by atoms with E-state index in [-0.39, 0.29) is 24.7 Å². The van der Waals surface area contributed by atoms with Crippen LogP contribution in [0.5, 0.6) is 11.5 Å². The van der Waals surface area contributed by atoms with Gasteiger partial charge in [-0.25, -0.2) is 0 Å². The highest BCUT2D eigenvalue weighted by molar-refractivity contribution is 6.03. The molecule has 31 heavy (non-hydrogen) atoms. The second-order valence-corrected chi connectivity index (χ2v) is 8.61. The number of morpholine rings is 1. The standard InChI is InChI=1S/C22H25N3O6/c26-20(23-5-6-24-7-9-28-10-8-24)18-16-3-4-22(31-16)12-25(21(27)19(18)22)14-1-2-15-17(11-14)30-13-29-15/h1-4,11,16,18-19H,5-10,12-13H2,(H,23,26)/t16-,18-,19-,22+/m1/s1. The normalized spacial score (nSPS) is 33.2. The van der Waals surface area contributed by atoms with Crippen LogP contribution < -0.4 is 19.7 Å². The van der Waals surface area contributed by atoms with Crippen LogP contribution in [0.1, 0.15) is 0 Å². The minimum atomic E-state index is -0.746. The second kappa shape index (κ2) is 7.22. The molecule has 4 atom stereocenters. The lowest BCUT2D eigenvalue weighted by molar-refractivity contribution is -0.132. The Kier molecular flexibility index (Phi) is 4.45. The van der Waals surface area contributed by atoms with E-state index in [1.54, 1.807) is 11.0 Å². The summed E-state index contributed by atoms with van der Waals surface area (Å²) in [6, 6.07) is 5.46. The fraction of sp³-hybridized carbons (Fsp3) is 0.545. The Morgan fingerprint density at radius 1 is 1.19 bits per heavy atom. The van der Waals surface area contributed by atoms with E-state index in [0.717, 1.165) is 38.5 Å². The number of hydrogen-bond acceptors (Lipinski definition) is 7. The van der Waals surface area contributed by atoms with Gasteiger partial charge in [-0.3, -0.25) is 14.5 Å². The van der Waals surface area contributed by atoms with Crippen LogP contribution in [0.3, 0.4) is 0 Å². The number of hydrogen-bond donors (Lipinski definition) is 1. The van der Waals surface area contributed by atoms with Crippen molar-refractivity contribution in [2.45, 2.75) is 11.7 Å². The molecule has 2 bridgehead atoms. The number of fused-ring (bicyclic) bond motifs is 2. The van der Waals surface area contributed by atoms with Crippen LogP contribution in [-0.4, -0.2) is 81.1 Å². The van der Waals surface area contributed by atoms with Crippen LogP contribution in [0.2, 0.25) is 0 Å². The van der Waals surface area contributed by atoms with Crippen LogP contribution in [0.4, 0.5) is 5.69 Å². The molecule has 9 heteroatoms. The number of anilines is 1. The molecule has 1 N–H and O–H groups in total. The van der Waals surface area contributed by atoms with Gasteiger partial charge in [0.1, 0.15) is 5.60 Å². The molecule has 164 valence electrons. The Hall–Kier alpha value is -2.62. The van der Waals surface area contributed by atoms with Gasteiger partial charge in [0.15, 0.2) is 11.5 Å². The van der Waals surface area contributed by atoms with Crippen molar-refractivity contribution in [3.8, 4) is 11.5 Å². The molecule has 2 amide bonds. The van der Waals surface area contributed by atoms with E-state index >= 15 is 0 Å². The van der Waals surface area contributed by atoms with Gasteiger partial charge >= 0.3 is 0 Å². The molecule has 3 fully saturated rings. The van der Waals surface area contributed by atoms with Gasteiger partial charge in [-0.2, -0.15) is 0 Å². The Labute approximate surface area is 179 Å². The van der Waals surface area contributed by atoms with Crippen LogP contribution in [0, 0.1) is 11.8 Å². The lowest BCUT2D eigenvalue weighted by Gasteiger charge is -2.27. The molecule has 0 unspecified atom stereocenters. The molecule has 3 saturated heterocycles. The molecule has 5 heterocycles. The number of amides is 2. The van der Waals surface area contributed by atoms with Crippen LogP contribution >= 0.6 is 0 Å². The predicted molar refractivity (Wildman–Crippen MR) is 109 cm³/mol. The fourth-order valence-electron chi connectivity index (χ4n) is 5.35. The first-order valence-corrected chi connectivity index (χ1v) is 10.8. The van der Waals surface area contributed by atoms with Crippen molar-refractivity contribution < 1.29 is 28.5 Å². The zero-order chi connectivity index (χ0) is 21.0. The number of rotatable bonds is 5. The molecular formula is C22H25N3O6. The molecule has 5 aliphatic heterocycles. The lowest BCUT2D eigenvalue weighted by atomic mass is 9.77. The first-order chi connectivity index (χ1) is 15.1. The number of carbonyl (C=O) groups excluding carboxylic acids is 2. The van der Waals surface area contributed by atoms with Crippen LogP contribution in [-0.2, 0) is 19.1 Å². The van der Waals surface area contributed by atoms with E-state index in [1.807, 2.05) is 24.3 Å². The highest BCUT2D eigenvalue weighted by Crippen LogP contribution is 2.53. The summed E-state index contributed by atoms with van der Waals surface area (Å²) in [6.07, 6.45) is 3.54. The molecule has 9 nitrogen and oxygen atoms in total. The minimum Gasteiger partial charge on any atom is -0.454 e. The van der Waals surface area contributed by atoms with Crippen molar-refractivity contribution in [3.63, 3.8) is 0 Å². The number of benzene rings is 1. The molecule has 1 spiro atoms. The maximum Gasteiger partial charge on any atom is 0.234 e. The molecule has 6 rings (SSSR count). The summed E-state index contributed by atoms with van der Waals surface area (Å²) < 4.78 is 22.4. The van der Waals surface area contributed by atoms with Gasteiger partial charge in [0.2, 0.25) is 18.6 Å². The minimum absolute atomic E-state index is 0.0842. The molecular weight excluding hydrogens is 402 g/mol. The van der Waals surface area contributed by atoms with Gasteiger partial charge in [0, 0.05) is 37.9 Å². The van der Waals surface area contributed by atoms with Gasteiger partial charge in [-0.1, -0.05) is 12.2 Å². The molecule has 0 aliphatic carbocycles. The molecule has 0 aromatic heterocycles. The summed E-state index contributed by atoms with van der Waals surface area (Å²) in [6.45, 7) is 5.10. The van der Waals surface area contributed by atoms with Crippen molar-refractivity contribution in [2.24, 2.45) is 11.8 Å². The smallest absolute Gasteiger partial charge is 0.234 e. The van der Waals surface area contributed by atoms with Crippen molar-refractivity contribution >= 4 is 17.5 Å². The Morgan fingerprint density at radius 2 is 2.03 bits per heavy atom. The Morgan fingerprint density at radius 3 is 2.90 bits per heavy atom. The van der Waals surface area contributed by atoms with E-state index in [1.165, 1.54) is 0 Å². The summed E-state index contributed by atoms with van der Waals surface area (Å²) >= 11 is 0. The highest BCUT2D eigenvalue weighted by atomic mass is 16.7. The van der Waals surface area contributed by atoms with Crippen molar-refractivity contribution in [1.82, 2.24) is 10.2 Å². The maximum absolute atomic E-state index is 13.4. The van der Waals surface area contributed by atoms with Crippen molar-refractivity contribution in [3.05, 3.63) is 30.4 Å². The first kappa shape index (κ1) is 19.1. The summed E-state index contributed by atoms with van der Waals surface area (Å²) in [5.74, 6) is 0.0632. The largest absolute Gasteiger partial charge is 0.454 e. The van der Waals surface area contributed by atoms with E-state index in [2.05, 4.69) is 10.2 Å². The predicted octanol–water partition coefficient (Wildman–Crippen LogP) is 0.150. The first-order valence-electron chi connectivity index (χ1n) is 10.8. The fourth-order valence-corrected chi connectivity index (χ4v) is 5.35. The summed E-state index contributed by atoms with van der Waals surface area (Å²) in [7, 11) is 0. The maximum atomic E-state index is 13.4. The number of ether oxygens (including phenoxy) is 4. The summed E-state index contributed by atoms with van der Waals surface area (Å²) in [4.78, 5) is 30.5. The monoisotopic (exact) mass is 427 g/mol. The quantitative estimate of drug-likeness (QED) is 0.669. The number of nitrogens with zero attached hydrogens (tertiary/aromatic N) is 2. The highest BCUT2D eigenvalue weighted by Gasteiger charge is 2.67. The van der Waals surface area contributed by atoms with E-state index in [4.69, 9.17) is 18.9 Å². The van der Waals surface area contributed by atoms with Gasteiger partial charge in [0.05, 0.1) is 37.7 Å². The van der Waals surface area contributed by atoms with Gasteiger partial charge in [0.25, 0.3) is 0 Å². The molecule has 5 aliphatic rings. The van der Waals surface area contributed by atoms with Gasteiger partial charge < -0.3 is 29.2 Å². The third-order valence-corrected chi connectivity index (χ3v) is 6.90. The summed E-state index contributed by atoms with van der Waals surface area (Å²) in [5, 5.41) is 3.03. The van der Waals surface area contributed by atoms with Crippen LogP contribution in [0.15, 0.2) is 30.4 Å². The third kappa shape index (κ3) is 3.02. The Balaban J connectivity index is 1.17. The zero-order valence-electron chi connectivity index (χ0n) is 17.1. The number of nitrogens with one attached hydrogen (secondary N) is 1. The SMILES string of the molecule is O=C(NCCN1CCOCC1)[C@@H]1[C@H]2C=C[C@@]3(CN(c4ccc5c(c4)OCO5)C(=O)[C@@H]13)O2. The molecule has 1 aromatic rings.